The van der Waals surface area contributed by atoms with Crippen molar-refractivity contribution in [2.75, 3.05) is 24.5 Å². The van der Waals surface area contributed by atoms with Crippen LogP contribution in [0.3, 0.4) is 0 Å². The number of aliphatic imine (C=N–C) groups is 1. The van der Waals surface area contributed by atoms with E-state index in [9.17, 15) is 9.18 Å². The summed E-state index contributed by atoms with van der Waals surface area (Å²) in [6.45, 7) is 11.4. The van der Waals surface area contributed by atoms with Crippen molar-refractivity contribution in [1.82, 2.24) is 30.1 Å². The van der Waals surface area contributed by atoms with E-state index in [1.165, 1.54) is 6.42 Å². The third kappa shape index (κ3) is 8.92. The number of carbonyl (C=O) groups excluding carboxylic acids is 1. The fraction of sp³-hybridized carbons (Fsp3) is 0.500. The molecular formula is C42H54FN9O2. The van der Waals surface area contributed by atoms with Crippen LogP contribution in [0.25, 0.3) is 5.65 Å². The molecule has 1 aliphatic carbocycles. The molecule has 2 amide bonds. The van der Waals surface area contributed by atoms with Crippen molar-refractivity contribution < 1.29 is 13.9 Å². The average Bonchev–Trinajstić information content (AvgIpc) is 3.56. The number of amidine groups is 1. The van der Waals surface area contributed by atoms with Gasteiger partial charge in [0.15, 0.2) is 5.65 Å². The van der Waals surface area contributed by atoms with Crippen molar-refractivity contribution in [2.45, 2.75) is 110 Å². The maximum absolute atomic E-state index is 13.7. The number of pyridine rings is 1. The zero-order valence-electron chi connectivity index (χ0n) is 32.0. The van der Waals surface area contributed by atoms with E-state index in [0.29, 0.717) is 49.0 Å². The van der Waals surface area contributed by atoms with Crippen LogP contribution < -0.4 is 20.3 Å². The number of fused-ring (bicyclic) bond motifs is 2. The highest BCUT2D eigenvalue weighted by Gasteiger charge is 2.31. The SMILES string of the molecule is CC1CCCCN1c1nnc2ccc(OC3CCC(NC(=O)NC(CC(=N)C(C)(C)C)=Nc4cccc(CN5CCC(F)CC5)c4)c4ccccc43)cn12. The minimum atomic E-state index is -0.712. The molecule has 2 saturated heterocycles. The minimum absolute atomic E-state index is 0.186. The summed E-state index contributed by atoms with van der Waals surface area (Å²) in [5, 5.41) is 23.9. The number of urea groups is 1. The molecule has 0 bridgehead atoms. The number of benzene rings is 2. The van der Waals surface area contributed by atoms with Gasteiger partial charge in [-0.3, -0.25) is 14.6 Å². The molecule has 3 aliphatic rings. The topological polar surface area (TPSA) is 123 Å². The number of halogens is 1. The van der Waals surface area contributed by atoms with E-state index in [-0.39, 0.29) is 30.0 Å². The van der Waals surface area contributed by atoms with Gasteiger partial charge in [-0.2, -0.15) is 0 Å². The number of amides is 2. The summed E-state index contributed by atoms with van der Waals surface area (Å²) < 4.78 is 22.4. The number of likely N-dealkylation sites (tertiary alicyclic amines) is 1. The molecule has 4 heterocycles. The van der Waals surface area contributed by atoms with Crippen LogP contribution in [-0.4, -0.2) is 68.9 Å². The van der Waals surface area contributed by atoms with Crippen LogP contribution in [0.5, 0.6) is 5.75 Å². The normalized spacial score (nSPS) is 21.5. The van der Waals surface area contributed by atoms with Gasteiger partial charge in [-0.25, -0.2) is 14.2 Å². The molecule has 2 aliphatic heterocycles. The van der Waals surface area contributed by atoms with Gasteiger partial charge in [0.25, 0.3) is 0 Å². The molecule has 2 fully saturated rings. The summed E-state index contributed by atoms with van der Waals surface area (Å²) >= 11 is 0. The molecule has 11 nitrogen and oxygen atoms in total. The lowest BCUT2D eigenvalue weighted by molar-refractivity contribution is 0.145. The Hall–Kier alpha value is -4.84. The van der Waals surface area contributed by atoms with E-state index in [4.69, 9.17) is 15.1 Å². The van der Waals surface area contributed by atoms with Crippen molar-refractivity contribution >= 4 is 34.9 Å². The second-order valence-corrected chi connectivity index (χ2v) is 16.2. The van der Waals surface area contributed by atoms with Crippen LogP contribution in [0.2, 0.25) is 0 Å². The molecule has 12 heteroatoms. The summed E-state index contributed by atoms with van der Waals surface area (Å²) in [7, 11) is 0. The van der Waals surface area contributed by atoms with Gasteiger partial charge in [0.2, 0.25) is 5.95 Å². The standard InChI is InChI=1S/C42H54FN9O2/c1-28-10-7-8-21-51(28)41-49-48-39-18-15-32(27-52(39)41)54-36-17-16-35(33-13-5-6-14-34(33)36)46-40(53)47-38(25-37(44)42(2,3)4)45-31-12-9-11-29(24-31)26-50-22-19-30(43)20-23-50/h5-6,9,11-15,18,24,27-28,30,35-36,44H,7-8,10,16-17,19-23,25-26H2,1-4H3,(H2,45,46,47,53). The lowest BCUT2D eigenvalue weighted by Crippen LogP contribution is -2.43. The number of hydrogen-bond acceptors (Lipinski definition) is 8. The first kappa shape index (κ1) is 37.5. The molecule has 54 heavy (non-hydrogen) atoms. The molecule has 0 saturated carbocycles. The van der Waals surface area contributed by atoms with Crippen molar-refractivity contribution in [2.24, 2.45) is 10.4 Å². The summed E-state index contributed by atoms with van der Waals surface area (Å²) in [5.41, 5.74) is 4.72. The zero-order valence-corrected chi connectivity index (χ0v) is 32.0. The summed E-state index contributed by atoms with van der Waals surface area (Å²) in [5.74, 6) is 2.01. The van der Waals surface area contributed by atoms with Crippen LogP contribution in [0.4, 0.5) is 20.8 Å². The number of rotatable bonds is 9. The Morgan fingerprint density at radius 2 is 1.76 bits per heavy atom. The van der Waals surface area contributed by atoms with E-state index in [2.05, 4.69) is 55.8 Å². The summed E-state index contributed by atoms with van der Waals surface area (Å²) in [4.78, 5) is 23.2. The Kier molecular flexibility index (Phi) is 11.3. The van der Waals surface area contributed by atoms with E-state index in [0.717, 1.165) is 73.1 Å². The molecular weight excluding hydrogens is 682 g/mol. The number of nitrogens with zero attached hydrogens (tertiary/aromatic N) is 6. The van der Waals surface area contributed by atoms with Crippen molar-refractivity contribution in [3.63, 3.8) is 0 Å². The van der Waals surface area contributed by atoms with Crippen molar-refractivity contribution in [1.29, 1.82) is 5.41 Å². The van der Waals surface area contributed by atoms with E-state index >= 15 is 0 Å². The molecule has 4 aromatic rings. The smallest absolute Gasteiger partial charge is 0.320 e. The highest BCUT2D eigenvalue weighted by atomic mass is 19.1. The summed E-state index contributed by atoms with van der Waals surface area (Å²) in [6.07, 6.45) is 7.35. The maximum Gasteiger partial charge on any atom is 0.320 e. The predicted octanol–water partition coefficient (Wildman–Crippen LogP) is 8.48. The Morgan fingerprint density at radius 1 is 0.963 bits per heavy atom. The molecule has 286 valence electrons. The van der Waals surface area contributed by atoms with Gasteiger partial charge in [-0.15, -0.1) is 10.2 Å². The van der Waals surface area contributed by atoms with Gasteiger partial charge in [0.1, 0.15) is 23.9 Å². The highest BCUT2D eigenvalue weighted by Crippen LogP contribution is 2.39. The molecule has 3 unspecified atom stereocenters. The van der Waals surface area contributed by atoms with Gasteiger partial charge in [-0.1, -0.05) is 57.2 Å². The molecule has 0 radical (unpaired) electrons. The Balaban J connectivity index is 1.05. The quantitative estimate of drug-likeness (QED) is 0.117. The van der Waals surface area contributed by atoms with E-state index in [1.807, 2.05) is 73.8 Å². The monoisotopic (exact) mass is 735 g/mol. The number of nitrogens with one attached hydrogen (secondary N) is 3. The van der Waals surface area contributed by atoms with Crippen molar-refractivity contribution in [3.8, 4) is 5.75 Å². The number of hydrogen-bond donors (Lipinski definition) is 3. The fourth-order valence-electron chi connectivity index (χ4n) is 7.77. The zero-order chi connectivity index (χ0) is 37.8. The average molecular weight is 736 g/mol. The largest absolute Gasteiger partial charge is 0.484 e. The molecule has 3 atom stereocenters. The number of ether oxygens (including phenoxy) is 1. The number of anilines is 1. The van der Waals surface area contributed by atoms with Gasteiger partial charge in [-0.05, 0) is 98.2 Å². The first-order valence-corrected chi connectivity index (χ1v) is 19.6. The number of aromatic nitrogens is 3. The van der Waals surface area contributed by atoms with Gasteiger partial charge >= 0.3 is 6.03 Å². The second kappa shape index (κ2) is 16.3. The van der Waals surface area contributed by atoms with Crippen LogP contribution >= 0.6 is 0 Å². The van der Waals surface area contributed by atoms with Crippen molar-refractivity contribution in [3.05, 3.63) is 83.6 Å². The second-order valence-electron chi connectivity index (χ2n) is 16.2. The number of carbonyl (C=O) groups is 1. The lowest BCUT2D eigenvalue weighted by atomic mass is 9.85. The molecule has 7 rings (SSSR count). The Labute approximate surface area is 317 Å². The van der Waals surface area contributed by atoms with E-state index in [1.54, 1.807) is 0 Å². The fourth-order valence-corrected chi connectivity index (χ4v) is 7.77. The number of alkyl halides is 1. The highest BCUT2D eigenvalue weighted by molar-refractivity contribution is 6.09. The van der Waals surface area contributed by atoms with Crippen LogP contribution in [0.1, 0.15) is 108 Å². The molecule has 2 aromatic heterocycles. The third-order valence-electron chi connectivity index (χ3n) is 11.0. The lowest BCUT2D eigenvalue weighted by Gasteiger charge is -2.33. The molecule has 0 spiro atoms. The first-order valence-electron chi connectivity index (χ1n) is 19.6. The predicted molar refractivity (Wildman–Crippen MR) is 212 cm³/mol. The summed E-state index contributed by atoms with van der Waals surface area (Å²) in [6, 6.07) is 19.8. The Bertz CT molecular complexity index is 1980. The Morgan fingerprint density at radius 3 is 2.54 bits per heavy atom. The third-order valence-corrected chi connectivity index (χ3v) is 11.0. The van der Waals surface area contributed by atoms with Gasteiger partial charge in [0, 0.05) is 44.4 Å². The van der Waals surface area contributed by atoms with Gasteiger partial charge < -0.3 is 20.4 Å². The number of piperidine rings is 2. The van der Waals surface area contributed by atoms with Gasteiger partial charge in [0.05, 0.1) is 17.9 Å². The molecule has 2 aromatic carbocycles. The van der Waals surface area contributed by atoms with Crippen LogP contribution in [0.15, 0.2) is 71.9 Å². The minimum Gasteiger partial charge on any atom is -0.484 e. The van der Waals surface area contributed by atoms with Crippen LogP contribution in [0, 0.1) is 10.8 Å². The van der Waals surface area contributed by atoms with E-state index < -0.39 is 6.17 Å². The van der Waals surface area contributed by atoms with Crippen LogP contribution in [-0.2, 0) is 6.54 Å². The molecule has 3 N–H and O–H groups in total. The maximum atomic E-state index is 13.7. The first-order chi connectivity index (χ1) is 26.0.